The van der Waals surface area contributed by atoms with Crippen LogP contribution in [0.1, 0.15) is 54.7 Å². The molecular weight excluding hydrogens is 330 g/mol. The minimum Gasteiger partial charge on any atom is -0.550 e. The first-order valence-corrected chi connectivity index (χ1v) is 8.46. The van der Waals surface area contributed by atoms with E-state index in [-0.39, 0.29) is 17.7 Å². The number of ether oxygens (including phenoxy) is 1. The number of hydrogen-bond acceptors (Lipinski definition) is 4. The molecule has 2 rings (SSSR count). The van der Waals surface area contributed by atoms with Crippen LogP contribution in [-0.2, 0) is 10.2 Å². The summed E-state index contributed by atoms with van der Waals surface area (Å²) in [6, 6.07) is 13.6. The molecule has 0 aliphatic heterocycles. The summed E-state index contributed by atoms with van der Waals surface area (Å²) in [7, 11) is 1.52. The Morgan fingerprint density at radius 1 is 1.12 bits per heavy atom. The highest BCUT2D eigenvalue weighted by molar-refractivity contribution is 5.95. The Bertz CT molecular complexity index is 775. The predicted molar refractivity (Wildman–Crippen MR) is 98.0 cm³/mol. The van der Waals surface area contributed by atoms with Crippen LogP contribution >= 0.6 is 0 Å². The number of carbonyl (C=O) groups excluding carboxylic acids is 2. The van der Waals surface area contributed by atoms with E-state index < -0.39 is 12.0 Å². The number of carbonyl (C=O) groups is 2. The second-order valence-corrected chi connectivity index (χ2v) is 7.21. The van der Waals surface area contributed by atoms with Gasteiger partial charge in [0, 0.05) is 18.0 Å². The van der Waals surface area contributed by atoms with Gasteiger partial charge in [0.15, 0.2) is 0 Å². The Kier molecular flexibility index (Phi) is 6.03. The molecule has 1 atom stereocenters. The number of amides is 1. The van der Waals surface area contributed by atoms with Crippen molar-refractivity contribution in [2.75, 3.05) is 7.11 Å². The van der Waals surface area contributed by atoms with E-state index in [9.17, 15) is 14.7 Å². The van der Waals surface area contributed by atoms with Gasteiger partial charge in [-0.2, -0.15) is 0 Å². The Labute approximate surface area is 154 Å². The van der Waals surface area contributed by atoms with Crippen LogP contribution < -0.4 is 15.2 Å². The minimum absolute atomic E-state index is 0.00772. The van der Waals surface area contributed by atoms with Crippen molar-refractivity contribution >= 4 is 11.9 Å². The van der Waals surface area contributed by atoms with E-state index in [1.54, 1.807) is 24.3 Å². The average Bonchev–Trinajstić information content (AvgIpc) is 2.60. The molecule has 5 heteroatoms. The summed E-state index contributed by atoms with van der Waals surface area (Å²) in [5, 5.41) is 13.9. The number of aliphatic carboxylic acids is 1. The molecule has 0 radical (unpaired) electrons. The first-order chi connectivity index (χ1) is 12.2. The van der Waals surface area contributed by atoms with E-state index in [2.05, 4.69) is 26.1 Å². The Hall–Kier alpha value is -2.82. The zero-order valence-corrected chi connectivity index (χ0v) is 15.5. The third kappa shape index (κ3) is 5.09. The van der Waals surface area contributed by atoms with E-state index in [1.807, 2.05) is 24.3 Å². The van der Waals surface area contributed by atoms with Crippen LogP contribution in [0, 0.1) is 0 Å². The van der Waals surface area contributed by atoms with Gasteiger partial charge in [-0.25, -0.2) is 0 Å². The lowest BCUT2D eigenvalue weighted by Gasteiger charge is -2.23. The minimum atomic E-state index is -1.22. The van der Waals surface area contributed by atoms with Crippen molar-refractivity contribution in [3.05, 3.63) is 65.2 Å². The van der Waals surface area contributed by atoms with Gasteiger partial charge < -0.3 is 20.0 Å². The highest BCUT2D eigenvalue weighted by Gasteiger charge is 2.18. The fraction of sp³-hybridized carbons (Fsp3) is 0.333. The first kappa shape index (κ1) is 19.5. The highest BCUT2D eigenvalue weighted by atomic mass is 16.5. The number of benzene rings is 2. The molecule has 0 saturated heterocycles. The molecule has 0 spiro atoms. The van der Waals surface area contributed by atoms with Crippen LogP contribution in [0.2, 0.25) is 0 Å². The number of carboxylic acids is 1. The third-order valence-electron chi connectivity index (χ3n) is 4.19. The second kappa shape index (κ2) is 8.04. The molecule has 0 heterocycles. The summed E-state index contributed by atoms with van der Waals surface area (Å²) >= 11 is 0. The maximum Gasteiger partial charge on any atom is 0.251 e. The summed E-state index contributed by atoms with van der Waals surface area (Å²) in [6.07, 6.45) is -0.301. The van der Waals surface area contributed by atoms with Gasteiger partial charge in [-0.15, -0.1) is 0 Å². The van der Waals surface area contributed by atoms with Crippen LogP contribution in [-0.4, -0.2) is 19.0 Å². The summed E-state index contributed by atoms with van der Waals surface area (Å²) in [6.45, 7) is 6.31. The molecule has 1 N–H and O–H groups in total. The SMILES string of the molecule is COc1cccc(C(=O)NC(CC(=O)[O-])c2ccc(C(C)(C)C)cc2)c1. The van der Waals surface area contributed by atoms with E-state index in [0.29, 0.717) is 11.3 Å². The molecule has 0 aliphatic rings. The molecular formula is C21H24NO4-. The van der Waals surface area contributed by atoms with Gasteiger partial charge in [-0.3, -0.25) is 4.79 Å². The largest absolute Gasteiger partial charge is 0.550 e. The lowest BCUT2D eigenvalue weighted by molar-refractivity contribution is -0.306. The number of rotatable bonds is 6. The molecule has 0 saturated carbocycles. The second-order valence-electron chi connectivity index (χ2n) is 7.21. The van der Waals surface area contributed by atoms with Crippen molar-refractivity contribution in [2.24, 2.45) is 0 Å². The molecule has 0 bridgehead atoms. The zero-order chi connectivity index (χ0) is 19.3. The molecule has 0 fully saturated rings. The van der Waals surface area contributed by atoms with Crippen molar-refractivity contribution in [1.82, 2.24) is 5.32 Å². The Balaban J connectivity index is 2.24. The lowest BCUT2D eigenvalue weighted by atomic mass is 9.86. The third-order valence-corrected chi connectivity index (χ3v) is 4.19. The van der Waals surface area contributed by atoms with Crippen LogP contribution in [0.25, 0.3) is 0 Å². The maximum atomic E-state index is 12.5. The monoisotopic (exact) mass is 354 g/mol. The van der Waals surface area contributed by atoms with Crippen molar-refractivity contribution < 1.29 is 19.4 Å². The van der Waals surface area contributed by atoms with Gasteiger partial charge in [0.2, 0.25) is 0 Å². The van der Waals surface area contributed by atoms with Crippen LogP contribution in [0.3, 0.4) is 0 Å². The normalized spacial score (nSPS) is 12.3. The molecule has 5 nitrogen and oxygen atoms in total. The van der Waals surface area contributed by atoms with Crippen LogP contribution in [0.5, 0.6) is 5.75 Å². The molecule has 1 unspecified atom stereocenters. The Morgan fingerprint density at radius 2 is 1.77 bits per heavy atom. The topological polar surface area (TPSA) is 78.5 Å². The van der Waals surface area contributed by atoms with Gasteiger partial charge in [0.25, 0.3) is 5.91 Å². The van der Waals surface area contributed by atoms with Crippen molar-refractivity contribution in [3.63, 3.8) is 0 Å². The predicted octanol–water partition coefficient (Wildman–Crippen LogP) is 2.60. The molecule has 1 amide bonds. The number of hydrogen-bond donors (Lipinski definition) is 1. The standard InChI is InChI=1S/C21H25NO4/c1-21(2,3)16-10-8-14(9-11-16)18(13-19(23)24)22-20(25)15-6-5-7-17(12-15)26-4/h5-12,18H,13H2,1-4H3,(H,22,25)(H,23,24)/p-1. The molecule has 2 aromatic carbocycles. The summed E-state index contributed by atoms with van der Waals surface area (Å²) < 4.78 is 5.12. The smallest absolute Gasteiger partial charge is 0.251 e. The summed E-state index contributed by atoms with van der Waals surface area (Å²) in [4.78, 5) is 23.7. The van der Waals surface area contributed by atoms with E-state index in [0.717, 1.165) is 11.1 Å². The maximum absolute atomic E-state index is 12.5. The average molecular weight is 354 g/mol. The molecule has 26 heavy (non-hydrogen) atoms. The Morgan fingerprint density at radius 3 is 2.31 bits per heavy atom. The van der Waals surface area contributed by atoms with Gasteiger partial charge in [0.05, 0.1) is 13.2 Å². The summed E-state index contributed by atoms with van der Waals surface area (Å²) in [5.41, 5.74) is 2.25. The van der Waals surface area contributed by atoms with Crippen molar-refractivity contribution in [2.45, 2.75) is 38.6 Å². The number of methoxy groups -OCH3 is 1. The molecule has 0 aliphatic carbocycles. The fourth-order valence-corrected chi connectivity index (χ4v) is 2.64. The highest BCUT2D eigenvalue weighted by Crippen LogP contribution is 2.25. The number of carboxylic acid groups (broad SMARTS) is 1. The van der Waals surface area contributed by atoms with Crippen molar-refractivity contribution in [3.8, 4) is 5.75 Å². The quantitative estimate of drug-likeness (QED) is 0.865. The summed E-state index contributed by atoms with van der Waals surface area (Å²) in [5.74, 6) is -1.03. The zero-order valence-electron chi connectivity index (χ0n) is 15.5. The van der Waals surface area contributed by atoms with Gasteiger partial charge in [0.1, 0.15) is 5.75 Å². The van der Waals surface area contributed by atoms with Gasteiger partial charge in [-0.05, 0) is 34.7 Å². The molecule has 138 valence electrons. The van der Waals surface area contributed by atoms with E-state index >= 15 is 0 Å². The first-order valence-electron chi connectivity index (χ1n) is 8.46. The van der Waals surface area contributed by atoms with Gasteiger partial charge >= 0.3 is 0 Å². The van der Waals surface area contributed by atoms with E-state index in [1.165, 1.54) is 7.11 Å². The molecule has 2 aromatic rings. The van der Waals surface area contributed by atoms with Crippen molar-refractivity contribution in [1.29, 1.82) is 0 Å². The number of nitrogens with one attached hydrogen (secondary N) is 1. The van der Waals surface area contributed by atoms with Crippen LogP contribution in [0.4, 0.5) is 0 Å². The van der Waals surface area contributed by atoms with Crippen LogP contribution in [0.15, 0.2) is 48.5 Å². The fourth-order valence-electron chi connectivity index (χ4n) is 2.64. The van der Waals surface area contributed by atoms with Gasteiger partial charge in [-0.1, -0.05) is 51.1 Å². The molecule has 0 aromatic heterocycles. The lowest BCUT2D eigenvalue weighted by Crippen LogP contribution is -2.34. The van der Waals surface area contributed by atoms with E-state index in [4.69, 9.17) is 4.74 Å².